The van der Waals surface area contributed by atoms with E-state index in [9.17, 15) is 26.6 Å². The van der Waals surface area contributed by atoms with Crippen molar-refractivity contribution in [3.63, 3.8) is 0 Å². The number of carbonyl (C=O) groups excluding carboxylic acids is 1. The van der Waals surface area contributed by atoms with Crippen LogP contribution in [0.3, 0.4) is 0 Å². The summed E-state index contributed by atoms with van der Waals surface area (Å²) in [5.41, 5.74) is 0.185. The molecule has 1 amide bonds. The molecule has 3 aromatic rings. The van der Waals surface area contributed by atoms with E-state index in [1.807, 2.05) is 0 Å². The summed E-state index contributed by atoms with van der Waals surface area (Å²) in [5, 5.41) is 11.4. The first-order valence-electron chi connectivity index (χ1n) is 11.5. The average Bonchev–Trinajstić information content (AvgIpc) is 3.26. The third-order valence-corrected chi connectivity index (χ3v) is 8.00. The third kappa shape index (κ3) is 6.15. The fourth-order valence-electron chi connectivity index (χ4n) is 4.24. The number of tetrazole rings is 1. The molecule has 4 rings (SSSR count). The fourth-order valence-corrected chi connectivity index (χ4v) is 5.71. The number of rotatable bonds is 7. The number of hydrogen-bond acceptors (Lipinski definition) is 5. The van der Waals surface area contributed by atoms with Crippen molar-refractivity contribution in [2.75, 3.05) is 13.1 Å². The number of benzene rings is 2. The minimum Gasteiger partial charge on any atom is -0.343 e. The Morgan fingerprint density at radius 1 is 1.11 bits per heavy atom. The maximum Gasteiger partial charge on any atom is 0.416 e. The second kappa shape index (κ2) is 10.9. The molecular formula is C24H25F4N5O2S. The largest absolute Gasteiger partial charge is 0.416 e. The molecule has 1 fully saturated rings. The van der Waals surface area contributed by atoms with Gasteiger partial charge in [-0.1, -0.05) is 18.2 Å². The highest BCUT2D eigenvalue weighted by Crippen LogP contribution is 2.31. The Hall–Kier alpha value is -3.15. The number of aryl methyl sites for hydroxylation is 2. The van der Waals surface area contributed by atoms with Crippen LogP contribution in [0.15, 0.2) is 47.4 Å². The lowest BCUT2D eigenvalue weighted by Gasteiger charge is -2.31. The summed E-state index contributed by atoms with van der Waals surface area (Å²) >= 11 is 0. The lowest BCUT2D eigenvalue weighted by Crippen LogP contribution is -2.41. The second-order valence-corrected chi connectivity index (χ2v) is 10.4. The van der Waals surface area contributed by atoms with E-state index in [1.165, 1.54) is 23.0 Å². The van der Waals surface area contributed by atoms with Gasteiger partial charge in [-0.05, 0) is 66.8 Å². The van der Waals surface area contributed by atoms with E-state index < -0.39 is 28.4 Å². The summed E-state index contributed by atoms with van der Waals surface area (Å²) in [6.45, 7) is 2.42. The molecule has 0 N–H and O–H groups in total. The van der Waals surface area contributed by atoms with Crippen molar-refractivity contribution < 1.29 is 26.6 Å². The molecule has 1 aromatic heterocycles. The predicted octanol–water partition coefficient (Wildman–Crippen LogP) is 3.92. The zero-order valence-corrected chi connectivity index (χ0v) is 20.4. The summed E-state index contributed by atoms with van der Waals surface area (Å²) in [6, 6.07) is 9.43. The average molecular weight is 524 g/mol. The molecule has 2 aromatic carbocycles. The molecule has 0 saturated carbocycles. The van der Waals surface area contributed by atoms with Crippen LogP contribution in [-0.2, 0) is 34.7 Å². The zero-order valence-electron chi connectivity index (χ0n) is 19.5. The molecule has 1 atom stereocenters. The number of piperidine rings is 1. The van der Waals surface area contributed by atoms with Gasteiger partial charge in [-0.15, -0.1) is 10.2 Å². The van der Waals surface area contributed by atoms with Crippen LogP contribution in [0.4, 0.5) is 17.6 Å². The molecule has 12 heteroatoms. The van der Waals surface area contributed by atoms with E-state index in [2.05, 4.69) is 15.4 Å². The van der Waals surface area contributed by atoms with E-state index in [0.29, 0.717) is 42.9 Å². The number of alkyl halides is 3. The molecule has 36 heavy (non-hydrogen) atoms. The maximum atomic E-state index is 14.0. The Morgan fingerprint density at radius 3 is 2.47 bits per heavy atom. The van der Waals surface area contributed by atoms with Gasteiger partial charge in [0.2, 0.25) is 5.91 Å². The van der Waals surface area contributed by atoms with Gasteiger partial charge >= 0.3 is 6.18 Å². The number of aromatic nitrogens is 4. The first-order valence-corrected chi connectivity index (χ1v) is 12.7. The lowest BCUT2D eigenvalue weighted by atomic mass is 9.99. The molecule has 192 valence electrons. The van der Waals surface area contributed by atoms with Crippen molar-refractivity contribution in [1.82, 2.24) is 25.1 Å². The molecule has 1 aliphatic rings. The van der Waals surface area contributed by atoms with Crippen LogP contribution in [0.1, 0.15) is 41.8 Å². The van der Waals surface area contributed by atoms with Crippen LogP contribution in [0.2, 0.25) is 0 Å². The number of halogens is 4. The van der Waals surface area contributed by atoms with Crippen molar-refractivity contribution in [2.45, 2.75) is 55.5 Å². The molecule has 1 saturated heterocycles. The van der Waals surface area contributed by atoms with Gasteiger partial charge < -0.3 is 4.90 Å². The van der Waals surface area contributed by atoms with Gasteiger partial charge in [0, 0.05) is 24.8 Å². The summed E-state index contributed by atoms with van der Waals surface area (Å²) in [5.74, 6) is -0.235. The smallest absolute Gasteiger partial charge is 0.343 e. The number of amides is 1. The van der Waals surface area contributed by atoms with Gasteiger partial charge in [-0.25, -0.2) is 4.39 Å². The molecule has 1 aliphatic heterocycles. The van der Waals surface area contributed by atoms with E-state index in [0.717, 1.165) is 12.1 Å². The topological polar surface area (TPSA) is 81.0 Å². The minimum atomic E-state index is -4.50. The van der Waals surface area contributed by atoms with E-state index >= 15 is 0 Å². The summed E-state index contributed by atoms with van der Waals surface area (Å²) in [7, 11) is -1.50. The normalized spacial score (nSPS) is 15.8. The van der Waals surface area contributed by atoms with Crippen LogP contribution in [-0.4, -0.2) is 53.6 Å². The number of nitrogens with zero attached hydrogens (tertiary/aromatic N) is 5. The summed E-state index contributed by atoms with van der Waals surface area (Å²) in [4.78, 5) is 15.9. The Balaban J connectivity index is 1.38. The van der Waals surface area contributed by atoms with Gasteiger partial charge in [0.1, 0.15) is 5.82 Å². The third-order valence-electron chi connectivity index (χ3n) is 6.16. The highest BCUT2D eigenvalue weighted by molar-refractivity contribution is 7.85. The molecule has 1 unspecified atom stereocenters. The lowest BCUT2D eigenvalue weighted by molar-refractivity contribution is -0.137. The van der Waals surface area contributed by atoms with Gasteiger partial charge in [-0.2, -0.15) is 18.0 Å². The number of hydrogen-bond donors (Lipinski definition) is 0. The Labute approximate surface area is 207 Å². The van der Waals surface area contributed by atoms with Gasteiger partial charge in [0.05, 0.1) is 27.8 Å². The van der Waals surface area contributed by atoms with Crippen molar-refractivity contribution >= 4 is 16.7 Å². The minimum absolute atomic E-state index is 0.00153. The first-order chi connectivity index (χ1) is 17.1. The molecular weight excluding hydrogens is 498 g/mol. The van der Waals surface area contributed by atoms with Crippen LogP contribution >= 0.6 is 0 Å². The quantitative estimate of drug-likeness (QED) is 0.439. The molecule has 0 radical (unpaired) electrons. The van der Waals surface area contributed by atoms with Crippen molar-refractivity contribution in [1.29, 1.82) is 0 Å². The standard InChI is InChI=1S/C24H25F4N5O2S/c1-16-29-31-33(30-16)15-18-14-19(24(26,27)28)8-6-17(18)7-9-23(34)32-12-10-20(11-13-32)36(35)22-5-3-2-4-21(22)25/h2-6,8,14,20H,7,9-13,15H2,1H3. The van der Waals surface area contributed by atoms with E-state index in [1.54, 1.807) is 24.0 Å². The van der Waals surface area contributed by atoms with Crippen LogP contribution in [0, 0.1) is 12.7 Å². The molecule has 7 nitrogen and oxygen atoms in total. The highest BCUT2D eigenvalue weighted by Gasteiger charge is 2.31. The molecule has 0 bridgehead atoms. The van der Waals surface area contributed by atoms with Crippen LogP contribution < -0.4 is 0 Å². The van der Waals surface area contributed by atoms with Gasteiger partial charge in [-0.3, -0.25) is 9.00 Å². The Morgan fingerprint density at radius 2 is 1.83 bits per heavy atom. The molecule has 0 spiro atoms. The molecule has 0 aliphatic carbocycles. The maximum absolute atomic E-state index is 14.0. The summed E-state index contributed by atoms with van der Waals surface area (Å²) in [6.07, 6.45) is -3.17. The predicted molar refractivity (Wildman–Crippen MR) is 124 cm³/mol. The van der Waals surface area contributed by atoms with Crippen molar-refractivity contribution in [3.8, 4) is 0 Å². The summed E-state index contributed by atoms with van der Waals surface area (Å²) < 4.78 is 66.5. The monoisotopic (exact) mass is 523 g/mol. The van der Waals surface area contributed by atoms with Crippen molar-refractivity contribution in [2.24, 2.45) is 0 Å². The highest BCUT2D eigenvalue weighted by atomic mass is 32.2. The second-order valence-electron chi connectivity index (χ2n) is 8.66. The first kappa shape index (κ1) is 25.9. The van der Waals surface area contributed by atoms with Crippen molar-refractivity contribution in [3.05, 3.63) is 70.8 Å². The Bertz CT molecular complexity index is 1260. The SMILES string of the molecule is Cc1nnn(Cc2cc(C(F)(F)F)ccc2CCC(=O)N2CCC(S(=O)c3ccccc3F)CC2)n1. The fraction of sp³-hybridized carbons (Fsp3) is 0.417. The number of carbonyl (C=O) groups is 1. The van der Waals surface area contributed by atoms with Crippen LogP contribution in [0.5, 0.6) is 0 Å². The van der Waals surface area contributed by atoms with Gasteiger partial charge in [0.25, 0.3) is 0 Å². The van der Waals surface area contributed by atoms with E-state index in [-0.39, 0.29) is 35.4 Å². The molecule has 2 heterocycles. The zero-order chi connectivity index (χ0) is 25.9. The van der Waals surface area contributed by atoms with Gasteiger partial charge in [0.15, 0.2) is 5.82 Å². The Kier molecular flexibility index (Phi) is 7.82. The van der Waals surface area contributed by atoms with Crippen LogP contribution in [0.25, 0.3) is 0 Å². The number of likely N-dealkylation sites (tertiary alicyclic amines) is 1. The van der Waals surface area contributed by atoms with E-state index in [4.69, 9.17) is 0 Å².